The van der Waals surface area contributed by atoms with Crippen molar-refractivity contribution in [3.8, 4) is 17.0 Å². The summed E-state index contributed by atoms with van der Waals surface area (Å²) >= 11 is 0. The molecular formula is C20H19N3O2. The molecule has 4 aromatic rings. The van der Waals surface area contributed by atoms with Gasteiger partial charge in [-0.1, -0.05) is 12.1 Å². The summed E-state index contributed by atoms with van der Waals surface area (Å²) in [6.07, 6.45) is 1.99. The van der Waals surface area contributed by atoms with Crippen LogP contribution in [0.25, 0.3) is 22.4 Å². The maximum Gasteiger partial charge on any atom is 0.233 e. The predicted octanol–water partition coefficient (Wildman–Crippen LogP) is 4.60. The Morgan fingerprint density at radius 1 is 1.12 bits per heavy atom. The molecule has 126 valence electrons. The van der Waals surface area contributed by atoms with Crippen molar-refractivity contribution < 1.29 is 9.15 Å². The topological polar surface area (TPSA) is 53.1 Å². The third-order valence-corrected chi connectivity index (χ3v) is 4.14. The van der Waals surface area contributed by atoms with E-state index in [-0.39, 0.29) is 0 Å². The summed E-state index contributed by atoms with van der Waals surface area (Å²) in [5.74, 6) is 1.36. The van der Waals surface area contributed by atoms with Crippen LogP contribution in [0.3, 0.4) is 0 Å². The lowest BCUT2D eigenvalue weighted by molar-refractivity contribution is 0.267. The molecule has 0 spiro atoms. The smallest absolute Gasteiger partial charge is 0.233 e. The summed E-state index contributed by atoms with van der Waals surface area (Å²) in [6, 6.07) is 15.7. The zero-order valence-corrected chi connectivity index (χ0v) is 14.3. The summed E-state index contributed by atoms with van der Waals surface area (Å²) in [4.78, 5) is 4.42. The first-order valence-electron chi connectivity index (χ1n) is 8.34. The van der Waals surface area contributed by atoms with Crippen LogP contribution in [0, 0.1) is 6.92 Å². The number of para-hydroxylation sites is 2. The fourth-order valence-electron chi connectivity index (χ4n) is 2.82. The van der Waals surface area contributed by atoms with Gasteiger partial charge in [0.25, 0.3) is 0 Å². The van der Waals surface area contributed by atoms with Crippen molar-refractivity contribution in [2.24, 2.45) is 0 Å². The van der Waals surface area contributed by atoms with Gasteiger partial charge in [-0.25, -0.2) is 4.98 Å². The molecule has 5 nitrogen and oxygen atoms in total. The van der Waals surface area contributed by atoms with Crippen molar-refractivity contribution in [3.63, 3.8) is 0 Å². The molecule has 4 rings (SSSR count). The van der Waals surface area contributed by atoms with Crippen molar-refractivity contribution in [3.05, 3.63) is 66.2 Å². The van der Waals surface area contributed by atoms with Gasteiger partial charge in [0.1, 0.15) is 11.3 Å². The van der Waals surface area contributed by atoms with Gasteiger partial charge in [-0.3, -0.25) is 4.68 Å². The SMILES string of the molecule is CCn1ccc(-c2ccc(OCc3nc4ccccc4o3)cc2C)n1. The Kier molecular flexibility index (Phi) is 3.98. The molecule has 0 amide bonds. The first kappa shape index (κ1) is 15.4. The van der Waals surface area contributed by atoms with Crippen LogP contribution in [-0.4, -0.2) is 14.8 Å². The van der Waals surface area contributed by atoms with Crippen LogP contribution in [0.15, 0.2) is 59.1 Å². The fourth-order valence-corrected chi connectivity index (χ4v) is 2.82. The highest BCUT2D eigenvalue weighted by atomic mass is 16.5. The average Bonchev–Trinajstić information content (AvgIpc) is 3.26. The van der Waals surface area contributed by atoms with Gasteiger partial charge in [-0.2, -0.15) is 5.10 Å². The number of fused-ring (bicyclic) bond motifs is 1. The van der Waals surface area contributed by atoms with E-state index in [9.17, 15) is 0 Å². The van der Waals surface area contributed by atoms with Gasteiger partial charge in [-0.05, 0) is 55.8 Å². The molecule has 2 aromatic carbocycles. The Labute approximate surface area is 145 Å². The maximum atomic E-state index is 5.84. The van der Waals surface area contributed by atoms with E-state index in [1.165, 1.54) is 0 Å². The first-order valence-corrected chi connectivity index (χ1v) is 8.34. The monoisotopic (exact) mass is 333 g/mol. The molecule has 0 bridgehead atoms. The summed E-state index contributed by atoms with van der Waals surface area (Å²) in [7, 11) is 0. The van der Waals surface area contributed by atoms with Crippen molar-refractivity contribution in [1.82, 2.24) is 14.8 Å². The zero-order chi connectivity index (χ0) is 17.2. The number of hydrogen-bond donors (Lipinski definition) is 0. The van der Waals surface area contributed by atoms with E-state index in [4.69, 9.17) is 9.15 Å². The molecule has 0 N–H and O–H groups in total. The van der Waals surface area contributed by atoms with E-state index in [1.807, 2.05) is 59.4 Å². The molecule has 0 radical (unpaired) electrons. The predicted molar refractivity (Wildman–Crippen MR) is 96.4 cm³/mol. The van der Waals surface area contributed by atoms with E-state index in [0.29, 0.717) is 12.5 Å². The van der Waals surface area contributed by atoms with Crippen molar-refractivity contribution >= 4 is 11.1 Å². The molecule has 25 heavy (non-hydrogen) atoms. The van der Waals surface area contributed by atoms with Crippen LogP contribution >= 0.6 is 0 Å². The van der Waals surface area contributed by atoms with Crippen LogP contribution in [0.4, 0.5) is 0 Å². The third kappa shape index (κ3) is 3.13. The van der Waals surface area contributed by atoms with Crippen LogP contribution in [0.5, 0.6) is 5.75 Å². The minimum Gasteiger partial charge on any atom is -0.484 e. The Morgan fingerprint density at radius 2 is 2.00 bits per heavy atom. The molecule has 2 aromatic heterocycles. The number of oxazole rings is 1. The lowest BCUT2D eigenvalue weighted by atomic mass is 10.1. The fraction of sp³-hybridized carbons (Fsp3) is 0.200. The highest BCUT2D eigenvalue weighted by molar-refractivity contribution is 5.72. The quantitative estimate of drug-likeness (QED) is 0.536. The minimum atomic E-state index is 0.304. The van der Waals surface area contributed by atoms with Crippen LogP contribution in [0.2, 0.25) is 0 Å². The molecule has 0 saturated heterocycles. The van der Waals surface area contributed by atoms with Gasteiger partial charge in [0.05, 0.1) is 5.69 Å². The van der Waals surface area contributed by atoms with Gasteiger partial charge in [0.2, 0.25) is 5.89 Å². The van der Waals surface area contributed by atoms with Crippen molar-refractivity contribution in [2.45, 2.75) is 27.0 Å². The first-order chi connectivity index (χ1) is 12.2. The molecular weight excluding hydrogens is 314 g/mol. The molecule has 0 fully saturated rings. The number of hydrogen-bond acceptors (Lipinski definition) is 4. The average molecular weight is 333 g/mol. The summed E-state index contributed by atoms with van der Waals surface area (Å²) in [6.45, 7) is 5.31. The van der Waals surface area contributed by atoms with Gasteiger partial charge in [0, 0.05) is 18.3 Å². The maximum absolute atomic E-state index is 5.84. The molecule has 0 atom stereocenters. The second-order valence-corrected chi connectivity index (χ2v) is 5.90. The normalized spacial score (nSPS) is 11.1. The minimum absolute atomic E-state index is 0.304. The molecule has 2 heterocycles. The highest BCUT2D eigenvalue weighted by Crippen LogP contribution is 2.26. The summed E-state index contributed by atoms with van der Waals surface area (Å²) < 4.78 is 13.4. The van der Waals surface area contributed by atoms with Crippen LogP contribution < -0.4 is 4.74 Å². The number of rotatable bonds is 5. The number of aromatic nitrogens is 3. The van der Waals surface area contributed by atoms with Crippen LogP contribution in [0.1, 0.15) is 18.4 Å². The van der Waals surface area contributed by atoms with Gasteiger partial charge < -0.3 is 9.15 Å². The van der Waals surface area contributed by atoms with Crippen LogP contribution in [-0.2, 0) is 13.2 Å². The van der Waals surface area contributed by atoms with Crippen molar-refractivity contribution in [2.75, 3.05) is 0 Å². The zero-order valence-electron chi connectivity index (χ0n) is 14.3. The van der Waals surface area contributed by atoms with Gasteiger partial charge >= 0.3 is 0 Å². The molecule has 0 aliphatic heterocycles. The number of nitrogens with zero attached hydrogens (tertiary/aromatic N) is 3. The van der Waals surface area contributed by atoms with Gasteiger partial charge in [-0.15, -0.1) is 0 Å². The number of aryl methyl sites for hydroxylation is 2. The van der Waals surface area contributed by atoms with Gasteiger partial charge in [0.15, 0.2) is 12.2 Å². The van der Waals surface area contributed by atoms with E-state index in [0.717, 1.165) is 40.2 Å². The lowest BCUT2D eigenvalue weighted by Gasteiger charge is -2.08. The molecule has 0 saturated carbocycles. The molecule has 0 aliphatic rings. The number of benzene rings is 2. The lowest BCUT2D eigenvalue weighted by Crippen LogP contribution is -1.97. The highest BCUT2D eigenvalue weighted by Gasteiger charge is 2.09. The standard InChI is InChI=1S/C20H19N3O2/c1-3-23-11-10-17(22-23)16-9-8-15(12-14(16)2)24-13-20-21-18-6-4-5-7-19(18)25-20/h4-12H,3,13H2,1-2H3. The summed E-state index contributed by atoms with van der Waals surface area (Å²) in [5.41, 5.74) is 4.83. The Bertz CT molecular complexity index is 984. The van der Waals surface area contributed by atoms with E-state index in [2.05, 4.69) is 23.9 Å². The second kappa shape index (κ2) is 6.43. The molecule has 0 aliphatic carbocycles. The van der Waals surface area contributed by atoms with Crippen molar-refractivity contribution in [1.29, 1.82) is 0 Å². The number of ether oxygens (including phenoxy) is 1. The molecule has 5 heteroatoms. The molecule has 0 unspecified atom stereocenters. The largest absolute Gasteiger partial charge is 0.484 e. The van der Waals surface area contributed by atoms with E-state index >= 15 is 0 Å². The van der Waals surface area contributed by atoms with E-state index in [1.54, 1.807) is 0 Å². The van der Waals surface area contributed by atoms with E-state index < -0.39 is 0 Å². The Balaban J connectivity index is 1.50. The second-order valence-electron chi connectivity index (χ2n) is 5.90. The third-order valence-electron chi connectivity index (χ3n) is 4.14. The summed E-state index contributed by atoms with van der Waals surface area (Å²) in [5, 5.41) is 4.56. The Morgan fingerprint density at radius 3 is 2.76 bits per heavy atom. The Hall–Kier alpha value is -3.08.